The first kappa shape index (κ1) is 22.8. The summed E-state index contributed by atoms with van der Waals surface area (Å²) in [6, 6.07) is 5.53. The lowest BCUT2D eigenvalue weighted by Gasteiger charge is -2.64. The molecule has 1 saturated heterocycles. The topological polar surface area (TPSA) is 93.5 Å². The molecule has 8 heteroatoms. The second-order valence-corrected chi connectivity index (χ2v) is 13.4. The van der Waals surface area contributed by atoms with Crippen molar-refractivity contribution in [1.29, 1.82) is 0 Å². The molecule has 3 heterocycles. The SMILES string of the molecule is CN(C(=O)C1CC1c1ccsc1)C1CC[C@@]2(O)[C@H]3Cc4ccc(O)c5c4[C@@]2(CCN3CC2(O)CC2)[C@H]1O5. The summed E-state index contributed by atoms with van der Waals surface area (Å²) < 4.78 is 6.64. The molecule has 3 saturated carbocycles. The molecule has 1 aromatic carbocycles. The fourth-order valence-corrected chi connectivity index (χ4v) is 9.34. The smallest absolute Gasteiger partial charge is 0.226 e. The number of thiophene rings is 1. The minimum absolute atomic E-state index is 0.00545. The normalized spacial score (nSPS) is 40.0. The van der Waals surface area contributed by atoms with Crippen LogP contribution in [0, 0.1) is 5.92 Å². The van der Waals surface area contributed by atoms with Crippen molar-refractivity contribution in [3.05, 3.63) is 45.6 Å². The molecule has 2 aliphatic heterocycles. The van der Waals surface area contributed by atoms with Crippen LogP contribution in [0.15, 0.2) is 29.0 Å². The Balaban J connectivity index is 1.16. The number of likely N-dealkylation sites (tertiary alicyclic amines) is 1. The zero-order valence-electron chi connectivity index (χ0n) is 21.1. The monoisotopic (exact) mass is 522 g/mol. The van der Waals surface area contributed by atoms with Crippen molar-refractivity contribution in [2.45, 2.75) is 85.7 Å². The van der Waals surface area contributed by atoms with Gasteiger partial charge >= 0.3 is 0 Å². The van der Waals surface area contributed by atoms with E-state index in [-0.39, 0.29) is 29.7 Å². The van der Waals surface area contributed by atoms with Crippen molar-refractivity contribution in [1.82, 2.24) is 9.80 Å². The summed E-state index contributed by atoms with van der Waals surface area (Å²) in [6.07, 6.45) is 4.71. The van der Waals surface area contributed by atoms with Gasteiger partial charge in [-0.1, -0.05) is 6.07 Å². The third kappa shape index (κ3) is 2.90. The van der Waals surface area contributed by atoms with Crippen molar-refractivity contribution >= 4 is 17.2 Å². The maximum absolute atomic E-state index is 13.7. The first-order chi connectivity index (χ1) is 17.8. The molecule has 1 amide bonds. The van der Waals surface area contributed by atoms with Gasteiger partial charge in [0.15, 0.2) is 11.5 Å². The number of ether oxygens (including phenoxy) is 1. The number of carbonyl (C=O) groups excluding carboxylic acids is 1. The Morgan fingerprint density at radius 2 is 2.05 bits per heavy atom. The van der Waals surface area contributed by atoms with E-state index < -0.39 is 22.7 Å². The number of hydrogen-bond donors (Lipinski definition) is 3. The van der Waals surface area contributed by atoms with E-state index in [1.165, 1.54) is 5.56 Å². The molecule has 196 valence electrons. The molecule has 0 radical (unpaired) electrons. The number of β-amino-alcohol motifs (C(OH)–C–C–N with tert-alkyl or cyclic N) is 1. The van der Waals surface area contributed by atoms with Gasteiger partial charge in [-0.3, -0.25) is 9.69 Å². The Morgan fingerprint density at radius 3 is 2.81 bits per heavy atom. The number of amides is 1. The highest BCUT2D eigenvalue weighted by molar-refractivity contribution is 7.08. The summed E-state index contributed by atoms with van der Waals surface area (Å²) in [7, 11) is 1.90. The number of hydrogen-bond acceptors (Lipinski definition) is 7. The average molecular weight is 523 g/mol. The van der Waals surface area contributed by atoms with Gasteiger partial charge in [-0.15, -0.1) is 0 Å². The van der Waals surface area contributed by atoms with Gasteiger partial charge in [0.25, 0.3) is 0 Å². The second-order valence-electron chi connectivity index (χ2n) is 12.6. The predicted octanol–water partition coefficient (Wildman–Crippen LogP) is 2.76. The molecule has 1 spiro atoms. The number of phenolic OH excluding ortho intramolecular Hbond substituents is 1. The maximum Gasteiger partial charge on any atom is 0.226 e. The quantitative estimate of drug-likeness (QED) is 0.559. The van der Waals surface area contributed by atoms with E-state index >= 15 is 0 Å². The van der Waals surface area contributed by atoms with Crippen molar-refractivity contribution in [2.24, 2.45) is 5.92 Å². The Hall–Kier alpha value is -2.13. The third-order valence-electron chi connectivity index (χ3n) is 10.8. The van der Waals surface area contributed by atoms with Gasteiger partial charge in [0.1, 0.15) is 6.10 Å². The molecule has 3 N–H and O–H groups in total. The Kier molecular flexibility index (Phi) is 4.49. The number of rotatable bonds is 5. The summed E-state index contributed by atoms with van der Waals surface area (Å²) in [6.45, 7) is 1.35. The number of phenols is 1. The number of piperidine rings is 1. The summed E-state index contributed by atoms with van der Waals surface area (Å²) in [5.74, 6) is 1.08. The van der Waals surface area contributed by atoms with Crippen molar-refractivity contribution in [3.63, 3.8) is 0 Å². The van der Waals surface area contributed by atoms with E-state index in [2.05, 4.69) is 21.7 Å². The second kappa shape index (κ2) is 7.29. The van der Waals surface area contributed by atoms with Crippen LogP contribution in [0.25, 0.3) is 0 Å². The zero-order chi connectivity index (χ0) is 25.3. The summed E-state index contributed by atoms with van der Waals surface area (Å²) in [4.78, 5) is 17.9. The molecule has 1 aromatic heterocycles. The fourth-order valence-electron chi connectivity index (χ4n) is 8.62. The van der Waals surface area contributed by atoms with Crippen LogP contribution in [-0.4, -0.2) is 80.6 Å². The number of nitrogens with zero attached hydrogens (tertiary/aromatic N) is 2. The molecule has 7 atom stereocenters. The third-order valence-corrected chi connectivity index (χ3v) is 11.5. The molecule has 2 bridgehead atoms. The summed E-state index contributed by atoms with van der Waals surface area (Å²) in [5.41, 5.74) is 1.01. The highest BCUT2D eigenvalue weighted by Gasteiger charge is 2.74. The Morgan fingerprint density at radius 1 is 1.22 bits per heavy atom. The molecule has 37 heavy (non-hydrogen) atoms. The lowest BCUT2D eigenvalue weighted by molar-refractivity contribution is -0.203. The van der Waals surface area contributed by atoms with Crippen LogP contribution < -0.4 is 4.74 Å². The highest BCUT2D eigenvalue weighted by atomic mass is 32.1. The first-order valence-corrected chi connectivity index (χ1v) is 14.7. The molecule has 4 aliphatic carbocycles. The van der Waals surface area contributed by atoms with Crippen LogP contribution in [0.5, 0.6) is 11.5 Å². The van der Waals surface area contributed by atoms with E-state index in [1.807, 2.05) is 18.0 Å². The van der Waals surface area contributed by atoms with Crippen LogP contribution in [-0.2, 0) is 16.6 Å². The number of carbonyl (C=O) groups is 1. The summed E-state index contributed by atoms with van der Waals surface area (Å²) in [5, 5.41) is 38.4. The van der Waals surface area contributed by atoms with Gasteiger partial charge in [-0.2, -0.15) is 11.3 Å². The largest absolute Gasteiger partial charge is 0.504 e. The zero-order valence-corrected chi connectivity index (χ0v) is 21.9. The number of aromatic hydroxyl groups is 1. The number of likely N-dealkylation sites (N-methyl/N-ethyl adjacent to an activating group) is 1. The summed E-state index contributed by atoms with van der Waals surface area (Å²) >= 11 is 1.67. The van der Waals surface area contributed by atoms with E-state index in [0.29, 0.717) is 43.9 Å². The van der Waals surface area contributed by atoms with Gasteiger partial charge in [-0.25, -0.2) is 0 Å². The van der Waals surface area contributed by atoms with Crippen LogP contribution >= 0.6 is 11.3 Å². The molecular formula is C29H34N2O5S. The van der Waals surface area contributed by atoms with Crippen LogP contribution in [0.4, 0.5) is 0 Å². The molecule has 4 fully saturated rings. The molecule has 7 nitrogen and oxygen atoms in total. The standard InChI is InChI=1S/C29H34N2O5S/c1-30(26(33)19-13-18(19)17-5-11-37-14-17)20-4-6-29(35)22-12-16-2-3-21(32)24-23(16)28(29,25(20)36-24)9-10-31(22)15-27(34)7-8-27/h2-3,5,11,14,18-20,22,25,32,34-35H,4,6-10,12-13,15H2,1H3/t18?,19?,20?,22-,25+,28+,29-/m1/s1. The van der Waals surface area contributed by atoms with Gasteiger partial charge < -0.3 is 25.0 Å². The number of aliphatic hydroxyl groups is 2. The Labute approximate surface area is 220 Å². The molecule has 2 aromatic rings. The van der Waals surface area contributed by atoms with Gasteiger partial charge in [0, 0.05) is 31.1 Å². The van der Waals surface area contributed by atoms with E-state index in [1.54, 1.807) is 17.4 Å². The minimum Gasteiger partial charge on any atom is -0.504 e. The molecule has 8 rings (SSSR count). The maximum atomic E-state index is 13.7. The lowest BCUT2D eigenvalue weighted by Crippen LogP contribution is -2.78. The van der Waals surface area contributed by atoms with Crippen molar-refractivity contribution in [2.75, 3.05) is 20.1 Å². The van der Waals surface area contributed by atoms with E-state index in [4.69, 9.17) is 4.74 Å². The molecular weight excluding hydrogens is 488 g/mol. The lowest BCUT2D eigenvalue weighted by atomic mass is 9.48. The van der Waals surface area contributed by atoms with Crippen molar-refractivity contribution < 1.29 is 24.9 Å². The van der Waals surface area contributed by atoms with Crippen LogP contribution in [0.2, 0.25) is 0 Å². The fraction of sp³-hybridized carbons (Fsp3) is 0.621. The predicted molar refractivity (Wildman–Crippen MR) is 138 cm³/mol. The first-order valence-electron chi connectivity index (χ1n) is 13.8. The number of benzene rings is 1. The van der Waals surface area contributed by atoms with Crippen molar-refractivity contribution in [3.8, 4) is 11.5 Å². The van der Waals surface area contributed by atoms with Gasteiger partial charge in [0.2, 0.25) is 5.91 Å². The van der Waals surface area contributed by atoms with Gasteiger partial charge in [-0.05, 0) is 91.4 Å². The van der Waals surface area contributed by atoms with E-state index in [9.17, 15) is 20.1 Å². The average Bonchev–Trinajstić information content (AvgIpc) is 3.71. The minimum atomic E-state index is -1.04. The molecule has 3 unspecified atom stereocenters. The van der Waals surface area contributed by atoms with Gasteiger partial charge in [0.05, 0.1) is 22.7 Å². The Bertz CT molecular complexity index is 1290. The highest BCUT2D eigenvalue weighted by Crippen LogP contribution is 2.66. The van der Waals surface area contributed by atoms with E-state index in [0.717, 1.165) is 36.9 Å². The van der Waals surface area contributed by atoms with Crippen LogP contribution in [0.3, 0.4) is 0 Å². The molecule has 6 aliphatic rings. The van der Waals surface area contributed by atoms with Crippen LogP contribution in [0.1, 0.15) is 61.1 Å².